The highest BCUT2D eigenvalue weighted by Gasteiger charge is 2.10. The summed E-state index contributed by atoms with van der Waals surface area (Å²) < 4.78 is 5.05. The Morgan fingerprint density at radius 3 is 2.57 bits per heavy atom. The quantitative estimate of drug-likeness (QED) is 0.725. The zero-order valence-corrected chi connectivity index (χ0v) is 8.57. The molecule has 0 fully saturated rings. The second-order valence-corrected chi connectivity index (χ2v) is 3.29. The molecule has 0 saturated heterocycles. The van der Waals surface area contributed by atoms with Gasteiger partial charge in [0, 0.05) is 12.3 Å². The van der Waals surface area contributed by atoms with Crippen LogP contribution in [0.5, 0.6) is 0 Å². The standard InChI is InChI=1S/C12H17NO/c1-10(14-2)8-12(9-13)11-6-4-3-5-7-11/h3-7,12H,1,8-9,13H2,2H3. The van der Waals surface area contributed by atoms with Gasteiger partial charge in [0.05, 0.1) is 12.9 Å². The average molecular weight is 191 g/mol. The highest BCUT2D eigenvalue weighted by Crippen LogP contribution is 2.21. The van der Waals surface area contributed by atoms with Gasteiger partial charge >= 0.3 is 0 Å². The summed E-state index contributed by atoms with van der Waals surface area (Å²) in [6, 6.07) is 10.2. The lowest BCUT2D eigenvalue weighted by molar-refractivity contribution is 0.272. The largest absolute Gasteiger partial charge is 0.502 e. The van der Waals surface area contributed by atoms with Crippen molar-refractivity contribution in [1.82, 2.24) is 0 Å². The molecule has 2 nitrogen and oxygen atoms in total. The lowest BCUT2D eigenvalue weighted by atomic mass is 9.95. The van der Waals surface area contributed by atoms with E-state index >= 15 is 0 Å². The van der Waals surface area contributed by atoms with Crippen LogP contribution >= 0.6 is 0 Å². The number of ether oxygens (including phenoxy) is 1. The van der Waals surface area contributed by atoms with Crippen molar-refractivity contribution in [3.8, 4) is 0 Å². The van der Waals surface area contributed by atoms with Gasteiger partial charge in [-0.05, 0) is 12.1 Å². The summed E-state index contributed by atoms with van der Waals surface area (Å²) in [7, 11) is 1.64. The molecular weight excluding hydrogens is 174 g/mol. The molecule has 0 bridgehead atoms. The molecule has 2 N–H and O–H groups in total. The lowest BCUT2D eigenvalue weighted by Gasteiger charge is -2.15. The molecule has 14 heavy (non-hydrogen) atoms. The predicted octanol–water partition coefficient (Wildman–Crippen LogP) is 2.28. The first-order valence-electron chi connectivity index (χ1n) is 4.74. The third-order valence-corrected chi connectivity index (χ3v) is 2.32. The van der Waals surface area contributed by atoms with Crippen molar-refractivity contribution < 1.29 is 4.74 Å². The Bertz CT molecular complexity index is 282. The molecule has 0 amide bonds. The van der Waals surface area contributed by atoms with Crippen LogP contribution in [0.25, 0.3) is 0 Å². The summed E-state index contributed by atoms with van der Waals surface area (Å²) in [6.45, 7) is 4.43. The fourth-order valence-electron chi connectivity index (χ4n) is 1.42. The molecule has 0 aliphatic rings. The van der Waals surface area contributed by atoms with Crippen LogP contribution in [0.1, 0.15) is 17.9 Å². The molecule has 1 rings (SSSR count). The fourth-order valence-corrected chi connectivity index (χ4v) is 1.42. The first-order chi connectivity index (χ1) is 6.77. The average Bonchev–Trinajstić information content (AvgIpc) is 2.26. The minimum atomic E-state index is 0.309. The first-order valence-corrected chi connectivity index (χ1v) is 4.74. The predicted molar refractivity (Wildman–Crippen MR) is 59.0 cm³/mol. The van der Waals surface area contributed by atoms with E-state index in [4.69, 9.17) is 10.5 Å². The van der Waals surface area contributed by atoms with Gasteiger partial charge in [-0.3, -0.25) is 0 Å². The van der Waals surface area contributed by atoms with Crippen molar-refractivity contribution in [3.05, 3.63) is 48.2 Å². The summed E-state index contributed by atoms with van der Waals surface area (Å²) in [5, 5.41) is 0. The van der Waals surface area contributed by atoms with Crippen LogP contribution in [0.4, 0.5) is 0 Å². The van der Waals surface area contributed by atoms with E-state index in [1.165, 1.54) is 5.56 Å². The zero-order chi connectivity index (χ0) is 10.4. The molecule has 0 aromatic heterocycles. The van der Waals surface area contributed by atoms with Crippen molar-refractivity contribution in [2.24, 2.45) is 5.73 Å². The van der Waals surface area contributed by atoms with Gasteiger partial charge in [-0.15, -0.1) is 0 Å². The number of hydrogen-bond donors (Lipinski definition) is 1. The Hall–Kier alpha value is -1.28. The van der Waals surface area contributed by atoms with Crippen molar-refractivity contribution in [3.63, 3.8) is 0 Å². The van der Waals surface area contributed by atoms with Gasteiger partial charge in [0.25, 0.3) is 0 Å². The third kappa shape index (κ3) is 2.89. The van der Waals surface area contributed by atoms with Crippen molar-refractivity contribution >= 4 is 0 Å². The van der Waals surface area contributed by atoms with E-state index in [1.807, 2.05) is 18.2 Å². The number of nitrogens with two attached hydrogens (primary N) is 1. The third-order valence-electron chi connectivity index (χ3n) is 2.32. The van der Waals surface area contributed by atoms with Crippen LogP contribution in [0, 0.1) is 0 Å². The van der Waals surface area contributed by atoms with Crippen molar-refractivity contribution in [2.45, 2.75) is 12.3 Å². The van der Waals surface area contributed by atoms with Crippen LogP contribution in [0.2, 0.25) is 0 Å². The smallest absolute Gasteiger partial charge is 0.0890 e. The van der Waals surface area contributed by atoms with Crippen LogP contribution in [-0.4, -0.2) is 13.7 Å². The number of allylic oxidation sites excluding steroid dienone is 1. The Kier molecular flexibility index (Phi) is 4.20. The normalized spacial score (nSPS) is 12.1. The van der Waals surface area contributed by atoms with Gasteiger partial charge in [0.2, 0.25) is 0 Å². The van der Waals surface area contributed by atoms with Gasteiger partial charge in [0.15, 0.2) is 0 Å². The van der Waals surface area contributed by atoms with Crippen LogP contribution in [-0.2, 0) is 4.74 Å². The van der Waals surface area contributed by atoms with Crippen LogP contribution < -0.4 is 5.73 Å². The van der Waals surface area contributed by atoms with Crippen LogP contribution in [0.15, 0.2) is 42.7 Å². The second-order valence-electron chi connectivity index (χ2n) is 3.29. The molecule has 0 heterocycles. The van der Waals surface area contributed by atoms with Gasteiger partial charge in [-0.1, -0.05) is 36.9 Å². The Balaban J connectivity index is 2.68. The number of hydrogen-bond acceptors (Lipinski definition) is 2. The molecule has 0 aliphatic carbocycles. The second kappa shape index (κ2) is 5.45. The summed E-state index contributed by atoms with van der Waals surface area (Å²) in [5.41, 5.74) is 6.95. The molecular formula is C12H17NO. The topological polar surface area (TPSA) is 35.2 Å². The molecule has 0 aliphatic heterocycles. The van der Waals surface area contributed by atoms with E-state index in [0.717, 1.165) is 12.2 Å². The SMILES string of the molecule is C=C(CC(CN)c1ccccc1)OC. The minimum absolute atomic E-state index is 0.309. The lowest BCUT2D eigenvalue weighted by Crippen LogP contribution is -2.13. The summed E-state index contributed by atoms with van der Waals surface area (Å²) in [6.07, 6.45) is 0.789. The van der Waals surface area contributed by atoms with Crippen molar-refractivity contribution in [1.29, 1.82) is 0 Å². The monoisotopic (exact) mass is 191 g/mol. The van der Waals surface area contributed by atoms with Gasteiger partial charge in [-0.2, -0.15) is 0 Å². The highest BCUT2D eigenvalue weighted by atomic mass is 16.5. The Morgan fingerprint density at radius 2 is 2.07 bits per heavy atom. The maximum absolute atomic E-state index is 5.71. The van der Waals surface area contributed by atoms with Crippen molar-refractivity contribution in [2.75, 3.05) is 13.7 Å². The summed E-state index contributed by atoms with van der Waals surface area (Å²) >= 11 is 0. The van der Waals surface area contributed by atoms with Gasteiger partial charge < -0.3 is 10.5 Å². The molecule has 0 spiro atoms. The van der Waals surface area contributed by atoms with E-state index < -0.39 is 0 Å². The highest BCUT2D eigenvalue weighted by molar-refractivity contribution is 5.21. The summed E-state index contributed by atoms with van der Waals surface area (Å²) in [5.74, 6) is 1.09. The van der Waals surface area contributed by atoms with Crippen LogP contribution in [0.3, 0.4) is 0 Å². The molecule has 76 valence electrons. The number of benzene rings is 1. The maximum atomic E-state index is 5.71. The number of rotatable bonds is 5. The Morgan fingerprint density at radius 1 is 1.43 bits per heavy atom. The number of methoxy groups -OCH3 is 1. The molecule has 1 atom stereocenters. The molecule has 1 unspecified atom stereocenters. The molecule has 1 aromatic carbocycles. The van der Waals surface area contributed by atoms with Gasteiger partial charge in [0.1, 0.15) is 0 Å². The summed E-state index contributed by atoms with van der Waals surface area (Å²) in [4.78, 5) is 0. The molecule has 1 aromatic rings. The Labute approximate surface area is 85.4 Å². The maximum Gasteiger partial charge on any atom is 0.0890 e. The molecule has 0 saturated carbocycles. The van der Waals surface area contributed by atoms with Gasteiger partial charge in [-0.25, -0.2) is 0 Å². The zero-order valence-electron chi connectivity index (χ0n) is 8.57. The van der Waals surface area contributed by atoms with E-state index in [2.05, 4.69) is 18.7 Å². The van der Waals surface area contributed by atoms with E-state index in [9.17, 15) is 0 Å². The molecule has 0 radical (unpaired) electrons. The van der Waals surface area contributed by atoms with E-state index in [0.29, 0.717) is 12.5 Å². The fraction of sp³-hybridized carbons (Fsp3) is 0.333. The molecule has 2 heteroatoms. The first kappa shape index (κ1) is 10.8. The van der Waals surface area contributed by atoms with E-state index in [-0.39, 0.29) is 0 Å². The van der Waals surface area contributed by atoms with E-state index in [1.54, 1.807) is 7.11 Å². The minimum Gasteiger partial charge on any atom is -0.502 e.